The van der Waals surface area contributed by atoms with Crippen LogP contribution in [0.15, 0.2) is 35.2 Å². The standard InChI is InChI=1S/C15H18BrN3O/c1-2-5-19-9-18-8-13(19)15-7-12(17)11-6-10(16)3-4-14(11)20-15/h3-4,6,8-9,12,15H,2,5,7,17H2,1H3. The number of fused-ring (bicyclic) bond motifs is 1. The van der Waals surface area contributed by atoms with E-state index in [4.69, 9.17) is 10.5 Å². The smallest absolute Gasteiger partial charge is 0.142 e. The van der Waals surface area contributed by atoms with Crippen molar-refractivity contribution >= 4 is 15.9 Å². The van der Waals surface area contributed by atoms with E-state index < -0.39 is 0 Å². The second kappa shape index (κ2) is 5.58. The Kier molecular flexibility index (Phi) is 3.81. The number of hydrogen-bond acceptors (Lipinski definition) is 3. The minimum atomic E-state index is -0.0206. The van der Waals surface area contributed by atoms with Crippen LogP contribution in [0.2, 0.25) is 0 Å². The number of hydrogen-bond donors (Lipinski definition) is 1. The summed E-state index contributed by atoms with van der Waals surface area (Å²) in [6, 6.07) is 5.99. The molecule has 0 saturated carbocycles. The van der Waals surface area contributed by atoms with Crippen LogP contribution in [0.5, 0.6) is 5.75 Å². The van der Waals surface area contributed by atoms with Crippen LogP contribution in [0.1, 0.15) is 43.2 Å². The molecule has 2 unspecified atom stereocenters. The van der Waals surface area contributed by atoms with Gasteiger partial charge in [0.05, 0.1) is 18.2 Å². The van der Waals surface area contributed by atoms with Crippen molar-refractivity contribution in [3.63, 3.8) is 0 Å². The van der Waals surface area contributed by atoms with Crippen molar-refractivity contribution in [2.75, 3.05) is 0 Å². The quantitative estimate of drug-likeness (QED) is 0.932. The predicted octanol–water partition coefficient (Wildman–Crippen LogP) is 3.58. The molecule has 0 fully saturated rings. The largest absolute Gasteiger partial charge is 0.484 e. The number of nitrogens with zero attached hydrogens (tertiary/aromatic N) is 2. The van der Waals surface area contributed by atoms with Gasteiger partial charge in [-0.25, -0.2) is 4.98 Å². The minimum absolute atomic E-state index is 0.00812. The van der Waals surface area contributed by atoms with E-state index in [9.17, 15) is 0 Å². The summed E-state index contributed by atoms with van der Waals surface area (Å²) in [5, 5.41) is 0. The molecule has 0 bridgehead atoms. The summed E-state index contributed by atoms with van der Waals surface area (Å²) in [5.41, 5.74) is 8.48. The Bertz CT molecular complexity index is 611. The molecule has 5 heteroatoms. The minimum Gasteiger partial charge on any atom is -0.484 e. The molecule has 0 saturated heterocycles. The lowest BCUT2D eigenvalue weighted by atomic mass is 9.96. The number of nitrogens with two attached hydrogens (primary N) is 1. The molecule has 0 spiro atoms. The van der Waals surface area contributed by atoms with Crippen LogP contribution in [0, 0.1) is 0 Å². The maximum atomic E-state index is 6.31. The highest BCUT2D eigenvalue weighted by molar-refractivity contribution is 9.10. The van der Waals surface area contributed by atoms with Crippen molar-refractivity contribution < 1.29 is 4.74 Å². The first-order valence-corrected chi connectivity index (χ1v) is 7.70. The third-order valence-electron chi connectivity index (χ3n) is 3.65. The van der Waals surface area contributed by atoms with E-state index in [0.717, 1.165) is 40.9 Å². The second-order valence-corrected chi connectivity index (χ2v) is 6.06. The highest BCUT2D eigenvalue weighted by Gasteiger charge is 2.29. The van der Waals surface area contributed by atoms with Crippen molar-refractivity contribution in [3.05, 3.63) is 46.5 Å². The van der Waals surface area contributed by atoms with E-state index in [1.54, 1.807) is 0 Å². The van der Waals surface area contributed by atoms with E-state index in [1.807, 2.05) is 30.7 Å². The maximum Gasteiger partial charge on any atom is 0.142 e. The summed E-state index contributed by atoms with van der Waals surface area (Å²) in [5.74, 6) is 0.876. The Balaban J connectivity index is 1.91. The van der Waals surface area contributed by atoms with Gasteiger partial charge in [0.2, 0.25) is 0 Å². The Labute approximate surface area is 127 Å². The van der Waals surface area contributed by atoms with Gasteiger partial charge < -0.3 is 15.0 Å². The molecule has 20 heavy (non-hydrogen) atoms. The molecule has 0 aliphatic carbocycles. The normalized spacial score (nSPS) is 21.4. The predicted molar refractivity (Wildman–Crippen MR) is 81.6 cm³/mol. The summed E-state index contributed by atoms with van der Waals surface area (Å²) in [7, 11) is 0. The first-order valence-electron chi connectivity index (χ1n) is 6.90. The summed E-state index contributed by atoms with van der Waals surface area (Å²) >= 11 is 3.48. The highest BCUT2D eigenvalue weighted by atomic mass is 79.9. The summed E-state index contributed by atoms with van der Waals surface area (Å²) in [4.78, 5) is 4.25. The number of aryl methyl sites for hydroxylation is 1. The van der Waals surface area contributed by atoms with Crippen LogP contribution in [0.4, 0.5) is 0 Å². The van der Waals surface area contributed by atoms with Gasteiger partial charge in [0.1, 0.15) is 11.9 Å². The van der Waals surface area contributed by atoms with Crippen LogP contribution < -0.4 is 10.5 Å². The maximum absolute atomic E-state index is 6.31. The fraction of sp³-hybridized carbons (Fsp3) is 0.400. The molecule has 1 aromatic heterocycles. The Morgan fingerprint density at radius 1 is 1.50 bits per heavy atom. The molecular weight excluding hydrogens is 318 g/mol. The molecule has 1 aliphatic heterocycles. The molecule has 0 amide bonds. The summed E-state index contributed by atoms with van der Waals surface area (Å²) in [6.45, 7) is 3.11. The SMILES string of the molecule is CCCn1cncc1C1CC(N)c2cc(Br)ccc2O1. The monoisotopic (exact) mass is 335 g/mol. The van der Waals surface area contributed by atoms with Crippen molar-refractivity contribution in [2.45, 2.75) is 38.5 Å². The van der Waals surface area contributed by atoms with Crippen molar-refractivity contribution in [1.82, 2.24) is 9.55 Å². The zero-order valence-corrected chi connectivity index (χ0v) is 13.0. The first-order chi connectivity index (χ1) is 9.69. The molecule has 106 valence electrons. The molecule has 0 radical (unpaired) electrons. The zero-order valence-electron chi connectivity index (χ0n) is 11.4. The van der Waals surface area contributed by atoms with Gasteiger partial charge in [-0.15, -0.1) is 0 Å². The summed E-state index contributed by atoms with van der Waals surface area (Å²) in [6.07, 6.45) is 5.58. The molecule has 2 atom stereocenters. The van der Waals surface area contributed by atoms with Gasteiger partial charge in [-0.05, 0) is 24.6 Å². The van der Waals surface area contributed by atoms with Crippen molar-refractivity contribution in [2.24, 2.45) is 5.73 Å². The van der Waals surface area contributed by atoms with E-state index in [1.165, 1.54) is 0 Å². The lowest BCUT2D eigenvalue weighted by molar-refractivity contribution is 0.153. The van der Waals surface area contributed by atoms with Crippen LogP contribution in [-0.4, -0.2) is 9.55 Å². The number of imidazole rings is 1. The molecule has 2 aromatic rings. The van der Waals surface area contributed by atoms with Gasteiger partial charge in [-0.3, -0.25) is 0 Å². The first kappa shape index (κ1) is 13.6. The number of rotatable bonds is 3. The van der Waals surface area contributed by atoms with Crippen LogP contribution in [0.3, 0.4) is 0 Å². The molecule has 2 heterocycles. The molecule has 1 aliphatic rings. The Morgan fingerprint density at radius 2 is 2.35 bits per heavy atom. The topological polar surface area (TPSA) is 53.1 Å². The van der Waals surface area contributed by atoms with Gasteiger partial charge in [0.25, 0.3) is 0 Å². The van der Waals surface area contributed by atoms with Gasteiger partial charge in [-0.1, -0.05) is 22.9 Å². The lowest BCUT2D eigenvalue weighted by Gasteiger charge is -2.30. The molecule has 1 aromatic carbocycles. The Hall–Kier alpha value is -1.33. The second-order valence-electron chi connectivity index (χ2n) is 5.14. The van der Waals surface area contributed by atoms with Gasteiger partial charge in [0, 0.05) is 29.0 Å². The third kappa shape index (κ3) is 2.47. The van der Waals surface area contributed by atoms with E-state index in [-0.39, 0.29) is 12.1 Å². The number of benzene rings is 1. The van der Waals surface area contributed by atoms with Crippen LogP contribution in [0.25, 0.3) is 0 Å². The highest BCUT2D eigenvalue weighted by Crippen LogP contribution is 2.40. The zero-order chi connectivity index (χ0) is 14.1. The van der Waals surface area contributed by atoms with Crippen LogP contribution in [-0.2, 0) is 6.54 Å². The van der Waals surface area contributed by atoms with Crippen molar-refractivity contribution in [3.8, 4) is 5.75 Å². The van der Waals surface area contributed by atoms with E-state index in [2.05, 4.69) is 32.4 Å². The molecule has 4 nitrogen and oxygen atoms in total. The fourth-order valence-electron chi connectivity index (χ4n) is 2.68. The fourth-order valence-corrected chi connectivity index (χ4v) is 3.06. The summed E-state index contributed by atoms with van der Waals surface area (Å²) < 4.78 is 9.31. The van der Waals surface area contributed by atoms with Gasteiger partial charge in [0.15, 0.2) is 0 Å². The lowest BCUT2D eigenvalue weighted by Crippen LogP contribution is -2.25. The molecule has 3 rings (SSSR count). The molecule has 2 N–H and O–H groups in total. The van der Waals surface area contributed by atoms with Gasteiger partial charge in [-0.2, -0.15) is 0 Å². The van der Waals surface area contributed by atoms with E-state index in [0.29, 0.717) is 0 Å². The Morgan fingerprint density at radius 3 is 3.15 bits per heavy atom. The van der Waals surface area contributed by atoms with E-state index >= 15 is 0 Å². The average molecular weight is 336 g/mol. The number of ether oxygens (including phenoxy) is 1. The average Bonchev–Trinajstić information content (AvgIpc) is 2.88. The van der Waals surface area contributed by atoms with Gasteiger partial charge >= 0.3 is 0 Å². The third-order valence-corrected chi connectivity index (χ3v) is 4.14. The number of aromatic nitrogens is 2. The van der Waals surface area contributed by atoms with Crippen molar-refractivity contribution in [1.29, 1.82) is 0 Å². The van der Waals surface area contributed by atoms with Crippen LogP contribution >= 0.6 is 15.9 Å². The molecular formula is C15H18BrN3O. The number of halogens is 1.